The largest absolute Gasteiger partial charge is 0.453 e. The van der Waals surface area contributed by atoms with Crippen LogP contribution in [0.3, 0.4) is 0 Å². The van der Waals surface area contributed by atoms with Crippen molar-refractivity contribution in [3.05, 3.63) is 0 Å². The summed E-state index contributed by atoms with van der Waals surface area (Å²) in [6.07, 6.45) is 5.71. The summed E-state index contributed by atoms with van der Waals surface area (Å²) in [7, 11) is 1.43. The smallest absolute Gasteiger partial charge is 0.409 e. The predicted octanol–water partition coefficient (Wildman–Crippen LogP) is 2.16. The van der Waals surface area contributed by atoms with E-state index in [-0.39, 0.29) is 18.7 Å². The molecule has 0 spiro atoms. The van der Waals surface area contributed by atoms with Crippen LogP contribution >= 0.6 is 0 Å². The Labute approximate surface area is 97.6 Å². The monoisotopic (exact) mass is 229 g/mol. The van der Waals surface area contributed by atoms with Crippen molar-refractivity contribution in [2.24, 2.45) is 0 Å². The van der Waals surface area contributed by atoms with Gasteiger partial charge in [0.15, 0.2) is 0 Å². The Morgan fingerprint density at radius 1 is 1.38 bits per heavy atom. The number of amides is 1. The number of aliphatic hydroxyl groups excluding tert-OH is 1. The molecule has 0 saturated carbocycles. The Morgan fingerprint density at radius 3 is 2.50 bits per heavy atom. The molecule has 16 heavy (non-hydrogen) atoms. The first-order chi connectivity index (χ1) is 7.74. The van der Waals surface area contributed by atoms with Crippen LogP contribution in [0.15, 0.2) is 0 Å². The maximum Gasteiger partial charge on any atom is 0.409 e. The Morgan fingerprint density at radius 2 is 2.00 bits per heavy atom. The normalized spacial score (nSPS) is 25.6. The molecule has 2 atom stereocenters. The van der Waals surface area contributed by atoms with E-state index in [0.29, 0.717) is 12.5 Å². The van der Waals surface area contributed by atoms with Crippen LogP contribution in [-0.4, -0.2) is 41.9 Å². The van der Waals surface area contributed by atoms with Gasteiger partial charge < -0.3 is 14.7 Å². The lowest BCUT2D eigenvalue weighted by Gasteiger charge is -2.41. The lowest BCUT2D eigenvalue weighted by molar-refractivity contribution is 0.0463. The molecule has 1 heterocycles. The van der Waals surface area contributed by atoms with Gasteiger partial charge in [-0.25, -0.2) is 4.79 Å². The second kappa shape index (κ2) is 6.74. The summed E-state index contributed by atoms with van der Waals surface area (Å²) in [5.41, 5.74) is 0. The summed E-state index contributed by atoms with van der Waals surface area (Å²) in [5.74, 6) is 0. The molecule has 0 aromatic rings. The molecule has 0 radical (unpaired) electrons. The number of piperidine rings is 1. The van der Waals surface area contributed by atoms with Crippen molar-refractivity contribution >= 4 is 6.09 Å². The van der Waals surface area contributed by atoms with E-state index in [1.54, 1.807) is 0 Å². The number of aliphatic hydroxyl groups is 1. The van der Waals surface area contributed by atoms with Gasteiger partial charge in [0.2, 0.25) is 0 Å². The zero-order chi connectivity index (χ0) is 12.0. The number of methoxy groups -OCH3 is 1. The van der Waals surface area contributed by atoms with Crippen LogP contribution in [0.4, 0.5) is 4.79 Å². The van der Waals surface area contributed by atoms with Crippen molar-refractivity contribution < 1.29 is 14.6 Å². The van der Waals surface area contributed by atoms with E-state index in [1.807, 2.05) is 4.90 Å². The Balaban J connectivity index is 2.71. The van der Waals surface area contributed by atoms with E-state index in [2.05, 4.69) is 6.92 Å². The van der Waals surface area contributed by atoms with Gasteiger partial charge in [-0.1, -0.05) is 13.3 Å². The molecular weight excluding hydrogens is 206 g/mol. The molecule has 1 rings (SSSR count). The van der Waals surface area contributed by atoms with Gasteiger partial charge in [0.25, 0.3) is 0 Å². The summed E-state index contributed by atoms with van der Waals surface area (Å²) >= 11 is 0. The first kappa shape index (κ1) is 13.3. The van der Waals surface area contributed by atoms with Crippen LogP contribution in [0.1, 0.15) is 45.4 Å². The van der Waals surface area contributed by atoms with Crippen LogP contribution in [0.2, 0.25) is 0 Å². The molecule has 1 aliphatic rings. The highest BCUT2D eigenvalue weighted by atomic mass is 16.5. The number of rotatable bonds is 4. The Kier molecular flexibility index (Phi) is 5.60. The summed E-state index contributed by atoms with van der Waals surface area (Å²) < 4.78 is 4.85. The minimum Gasteiger partial charge on any atom is -0.453 e. The van der Waals surface area contributed by atoms with E-state index in [1.165, 1.54) is 7.11 Å². The highest BCUT2D eigenvalue weighted by Crippen LogP contribution is 2.28. The second-order valence-corrected chi connectivity index (χ2v) is 4.42. The van der Waals surface area contributed by atoms with Crippen LogP contribution < -0.4 is 0 Å². The molecule has 0 bridgehead atoms. The average Bonchev–Trinajstić information content (AvgIpc) is 2.29. The van der Waals surface area contributed by atoms with Crippen LogP contribution in [-0.2, 0) is 4.74 Å². The van der Waals surface area contributed by atoms with Crippen molar-refractivity contribution in [3.63, 3.8) is 0 Å². The molecule has 1 amide bonds. The standard InChI is InChI=1S/C12H23NO3/c1-3-5-10-6-4-7-11(8-9-14)13(10)12(15)16-2/h10-11,14H,3-9H2,1-2H3/t10-,11-/m0/s1. The van der Waals surface area contributed by atoms with E-state index >= 15 is 0 Å². The van der Waals surface area contributed by atoms with Crippen molar-refractivity contribution in [1.29, 1.82) is 0 Å². The fourth-order valence-electron chi connectivity index (χ4n) is 2.62. The maximum atomic E-state index is 11.8. The van der Waals surface area contributed by atoms with Gasteiger partial charge in [-0.15, -0.1) is 0 Å². The Bertz CT molecular complexity index is 202. The first-order valence-corrected chi connectivity index (χ1v) is 6.21. The summed E-state index contributed by atoms with van der Waals surface area (Å²) in [6, 6.07) is 0.450. The molecule has 0 aromatic carbocycles. The number of hydrogen-bond acceptors (Lipinski definition) is 3. The number of nitrogens with zero attached hydrogens (tertiary/aromatic N) is 1. The molecule has 0 aromatic heterocycles. The van der Waals surface area contributed by atoms with E-state index in [0.717, 1.165) is 32.1 Å². The molecule has 94 valence electrons. The second-order valence-electron chi connectivity index (χ2n) is 4.42. The van der Waals surface area contributed by atoms with Crippen molar-refractivity contribution in [3.8, 4) is 0 Å². The van der Waals surface area contributed by atoms with Gasteiger partial charge in [-0.2, -0.15) is 0 Å². The molecule has 0 aliphatic carbocycles. The average molecular weight is 229 g/mol. The van der Waals surface area contributed by atoms with Gasteiger partial charge >= 0.3 is 6.09 Å². The molecule has 4 heteroatoms. The Hall–Kier alpha value is -0.770. The number of hydrogen-bond donors (Lipinski definition) is 1. The molecule has 1 aliphatic heterocycles. The molecule has 1 fully saturated rings. The van der Waals surface area contributed by atoms with Crippen LogP contribution in [0.25, 0.3) is 0 Å². The predicted molar refractivity (Wildman–Crippen MR) is 62.3 cm³/mol. The fourth-order valence-corrected chi connectivity index (χ4v) is 2.62. The van der Waals surface area contributed by atoms with Gasteiger partial charge in [-0.05, 0) is 32.1 Å². The SMILES string of the molecule is CCC[C@H]1CCC[C@@H](CCO)N1C(=O)OC. The third-order valence-electron chi connectivity index (χ3n) is 3.33. The van der Waals surface area contributed by atoms with E-state index < -0.39 is 0 Å². The number of carbonyl (C=O) groups excluding carboxylic acids is 1. The molecule has 4 nitrogen and oxygen atoms in total. The quantitative estimate of drug-likeness (QED) is 0.803. The summed E-state index contributed by atoms with van der Waals surface area (Å²) in [5, 5.41) is 9.03. The lowest BCUT2D eigenvalue weighted by atomic mass is 9.92. The molecule has 1 saturated heterocycles. The minimum atomic E-state index is -0.239. The fraction of sp³-hybridized carbons (Fsp3) is 0.917. The van der Waals surface area contributed by atoms with Crippen molar-refractivity contribution in [2.75, 3.05) is 13.7 Å². The highest BCUT2D eigenvalue weighted by Gasteiger charge is 2.33. The maximum absolute atomic E-state index is 11.8. The molecule has 1 N–H and O–H groups in total. The van der Waals surface area contributed by atoms with E-state index in [9.17, 15) is 4.79 Å². The van der Waals surface area contributed by atoms with Crippen LogP contribution in [0, 0.1) is 0 Å². The van der Waals surface area contributed by atoms with Gasteiger partial charge in [0.1, 0.15) is 0 Å². The summed E-state index contributed by atoms with van der Waals surface area (Å²) in [4.78, 5) is 13.6. The van der Waals surface area contributed by atoms with Crippen LogP contribution in [0.5, 0.6) is 0 Å². The molecule has 0 unspecified atom stereocenters. The van der Waals surface area contributed by atoms with Crippen molar-refractivity contribution in [1.82, 2.24) is 4.90 Å². The van der Waals surface area contributed by atoms with Gasteiger partial charge in [0.05, 0.1) is 7.11 Å². The third kappa shape index (κ3) is 3.11. The number of ether oxygens (including phenoxy) is 1. The zero-order valence-corrected chi connectivity index (χ0v) is 10.3. The third-order valence-corrected chi connectivity index (χ3v) is 3.33. The van der Waals surface area contributed by atoms with Gasteiger partial charge in [0, 0.05) is 18.7 Å². The summed E-state index contributed by atoms with van der Waals surface area (Å²) in [6.45, 7) is 2.27. The first-order valence-electron chi connectivity index (χ1n) is 6.21. The van der Waals surface area contributed by atoms with Gasteiger partial charge in [-0.3, -0.25) is 0 Å². The topological polar surface area (TPSA) is 49.8 Å². The zero-order valence-electron chi connectivity index (χ0n) is 10.3. The van der Waals surface area contributed by atoms with E-state index in [4.69, 9.17) is 9.84 Å². The number of likely N-dealkylation sites (tertiary alicyclic amines) is 1. The van der Waals surface area contributed by atoms with Crippen molar-refractivity contribution in [2.45, 2.75) is 57.5 Å². The molecular formula is C12H23NO3. The lowest BCUT2D eigenvalue weighted by Crippen LogP contribution is -2.50. The number of carbonyl (C=O) groups is 1. The highest BCUT2D eigenvalue weighted by molar-refractivity contribution is 5.68. The minimum absolute atomic E-state index is 0.136.